The van der Waals surface area contributed by atoms with E-state index in [4.69, 9.17) is 9.72 Å². The maximum atomic E-state index is 12.7. The van der Waals surface area contributed by atoms with Crippen LogP contribution in [-0.4, -0.2) is 28.5 Å². The van der Waals surface area contributed by atoms with E-state index in [0.29, 0.717) is 6.54 Å². The number of thiophene rings is 1. The average Bonchev–Trinajstić information content (AvgIpc) is 3.26. The van der Waals surface area contributed by atoms with Crippen molar-refractivity contribution < 1.29 is 4.74 Å². The summed E-state index contributed by atoms with van der Waals surface area (Å²) in [5.74, 6) is 1.60. The largest absolute Gasteiger partial charge is 0.497 e. The van der Waals surface area contributed by atoms with Gasteiger partial charge in [-0.05, 0) is 56.0 Å². The van der Waals surface area contributed by atoms with Crippen molar-refractivity contribution in [3.63, 3.8) is 0 Å². The lowest BCUT2D eigenvalue weighted by Crippen LogP contribution is -2.28. The maximum absolute atomic E-state index is 12.7. The van der Waals surface area contributed by atoms with Crippen LogP contribution in [0.2, 0.25) is 0 Å². The molecule has 27 heavy (non-hydrogen) atoms. The van der Waals surface area contributed by atoms with Crippen molar-refractivity contribution >= 4 is 21.6 Å². The van der Waals surface area contributed by atoms with Crippen LogP contribution in [0.3, 0.4) is 0 Å². The van der Waals surface area contributed by atoms with Gasteiger partial charge in [-0.3, -0.25) is 9.69 Å². The maximum Gasteiger partial charge on any atom is 0.259 e. The van der Waals surface area contributed by atoms with E-state index in [2.05, 4.69) is 35.9 Å². The van der Waals surface area contributed by atoms with Crippen LogP contribution in [-0.2, 0) is 19.4 Å². The van der Waals surface area contributed by atoms with E-state index >= 15 is 0 Å². The predicted octanol–water partition coefficient (Wildman–Crippen LogP) is 4.07. The van der Waals surface area contributed by atoms with Gasteiger partial charge in [0.2, 0.25) is 0 Å². The quantitative estimate of drug-likeness (QED) is 0.697. The van der Waals surface area contributed by atoms with Crippen molar-refractivity contribution in [2.75, 3.05) is 13.7 Å². The molecule has 6 heteroatoms. The zero-order chi connectivity index (χ0) is 19.0. The smallest absolute Gasteiger partial charge is 0.259 e. The van der Waals surface area contributed by atoms with Gasteiger partial charge in [0.05, 0.1) is 19.0 Å². The molecular weight excluding hydrogens is 358 g/mol. The normalized spacial score (nSPS) is 14.7. The first-order valence-corrected chi connectivity index (χ1v) is 10.3. The second kappa shape index (κ2) is 7.44. The van der Waals surface area contributed by atoms with Gasteiger partial charge in [0.25, 0.3) is 5.56 Å². The number of nitrogens with zero attached hydrogens (tertiary/aromatic N) is 2. The van der Waals surface area contributed by atoms with Gasteiger partial charge >= 0.3 is 0 Å². The van der Waals surface area contributed by atoms with Gasteiger partial charge in [-0.1, -0.05) is 19.1 Å². The molecule has 142 valence electrons. The van der Waals surface area contributed by atoms with Crippen LogP contribution in [0.1, 0.15) is 48.1 Å². The number of hydrogen-bond acceptors (Lipinski definition) is 5. The fourth-order valence-electron chi connectivity index (χ4n) is 3.95. The molecule has 0 fully saturated rings. The third-order valence-electron chi connectivity index (χ3n) is 5.51. The molecular formula is C21H25N3O2S. The van der Waals surface area contributed by atoms with E-state index in [1.807, 2.05) is 12.1 Å². The summed E-state index contributed by atoms with van der Waals surface area (Å²) in [6, 6.07) is 8.34. The molecule has 1 atom stereocenters. The molecule has 1 aromatic carbocycles. The molecule has 5 nitrogen and oxygen atoms in total. The van der Waals surface area contributed by atoms with E-state index in [1.54, 1.807) is 18.4 Å². The Kier molecular flexibility index (Phi) is 5.02. The zero-order valence-electron chi connectivity index (χ0n) is 16.0. The van der Waals surface area contributed by atoms with Crippen molar-refractivity contribution in [2.24, 2.45) is 0 Å². The lowest BCUT2D eigenvalue weighted by Gasteiger charge is -2.27. The topological polar surface area (TPSA) is 58.2 Å². The molecule has 0 amide bonds. The minimum atomic E-state index is 0.0134. The van der Waals surface area contributed by atoms with Crippen LogP contribution in [0.4, 0.5) is 0 Å². The van der Waals surface area contributed by atoms with Gasteiger partial charge in [-0.2, -0.15) is 0 Å². The first kappa shape index (κ1) is 18.2. The Hall–Kier alpha value is -2.18. The molecule has 0 radical (unpaired) electrons. The van der Waals surface area contributed by atoms with Gasteiger partial charge in [-0.25, -0.2) is 4.98 Å². The molecule has 1 unspecified atom stereocenters. The fraction of sp³-hybridized carbons (Fsp3) is 0.429. The van der Waals surface area contributed by atoms with Crippen LogP contribution in [0.5, 0.6) is 5.75 Å². The van der Waals surface area contributed by atoms with E-state index in [-0.39, 0.29) is 11.6 Å². The van der Waals surface area contributed by atoms with Gasteiger partial charge < -0.3 is 9.72 Å². The number of aromatic amines is 1. The lowest BCUT2D eigenvalue weighted by atomic mass is 10.1. The average molecular weight is 384 g/mol. The molecule has 0 saturated heterocycles. The fourth-order valence-corrected chi connectivity index (χ4v) is 5.23. The zero-order valence-corrected chi connectivity index (χ0v) is 16.9. The van der Waals surface area contributed by atoms with Gasteiger partial charge in [0.1, 0.15) is 16.4 Å². The Morgan fingerprint density at radius 3 is 3.00 bits per heavy atom. The van der Waals surface area contributed by atoms with Crippen molar-refractivity contribution in [3.8, 4) is 5.75 Å². The van der Waals surface area contributed by atoms with E-state index in [1.165, 1.54) is 16.0 Å². The molecule has 0 saturated carbocycles. The molecule has 1 aliphatic carbocycles. The molecule has 1 aliphatic rings. The molecule has 3 aromatic rings. The number of aryl methyl sites for hydroxylation is 2. The summed E-state index contributed by atoms with van der Waals surface area (Å²) < 4.78 is 5.35. The summed E-state index contributed by atoms with van der Waals surface area (Å²) >= 11 is 1.69. The summed E-state index contributed by atoms with van der Waals surface area (Å²) in [7, 11) is 1.68. The highest BCUT2D eigenvalue weighted by Gasteiger charge is 2.22. The predicted molar refractivity (Wildman–Crippen MR) is 110 cm³/mol. The first-order chi connectivity index (χ1) is 13.1. The number of nitrogens with one attached hydrogen (secondary N) is 1. The van der Waals surface area contributed by atoms with Gasteiger partial charge in [0.15, 0.2) is 0 Å². The number of hydrogen-bond donors (Lipinski definition) is 1. The van der Waals surface area contributed by atoms with Crippen LogP contribution in [0.15, 0.2) is 29.1 Å². The second-order valence-corrected chi connectivity index (χ2v) is 8.15. The highest BCUT2D eigenvalue weighted by molar-refractivity contribution is 7.18. The number of ether oxygens (including phenoxy) is 1. The Balaban J connectivity index is 1.62. The lowest BCUT2D eigenvalue weighted by molar-refractivity contribution is 0.207. The summed E-state index contributed by atoms with van der Waals surface area (Å²) in [4.78, 5) is 25.1. The molecule has 0 spiro atoms. The minimum Gasteiger partial charge on any atom is -0.497 e. The number of aromatic nitrogens is 2. The molecule has 0 aliphatic heterocycles. The highest BCUT2D eigenvalue weighted by atomic mass is 32.1. The first-order valence-electron chi connectivity index (χ1n) is 9.52. The molecule has 2 aromatic heterocycles. The van der Waals surface area contributed by atoms with E-state index in [0.717, 1.165) is 47.6 Å². The number of benzene rings is 1. The van der Waals surface area contributed by atoms with E-state index < -0.39 is 0 Å². The molecule has 1 N–H and O–H groups in total. The highest BCUT2D eigenvalue weighted by Crippen LogP contribution is 2.34. The summed E-state index contributed by atoms with van der Waals surface area (Å²) in [5, 5.41) is 0.820. The van der Waals surface area contributed by atoms with Crippen molar-refractivity contribution in [3.05, 3.63) is 56.4 Å². The van der Waals surface area contributed by atoms with Gasteiger partial charge in [0, 0.05) is 10.9 Å². The SMILES string of the molecule is CCN(Cc1nc2sc3c(c2c(=O)[nH]1)CCC3)C(C)c1cccc(OC)c1. The Morgan fingerprint density at radius 2 is 2.22 bits per heavy atom. The Labute approximate surface area is 163 Å². The minimum absolute atomic E-state index is 0.0134. The standard InChI is InChI=1S/C21H25N3O2S/c1-4-24(13(2)14-7-5-8-15(11-14)26-3)12-18-22-20(25)19-16-9-6-10-17(16)27-21(19)23-18/h5,7-8,11,13H,4,6,9-10,12H2,1-3H3,(H,22,23,25). The summed E-state index contributed by atoms with van der Waals surface area (Å²) in [6.45, 7) is 5.78. The van der Waals surface area contributed by atoms with Crippen LogP contribution in [0.25, 0.3) is 10.2 Å². The van der Waals surface area contributed by atoms with Crippen molar-refractivity contribution in [1.82, 2.24) is 14.9 Å². The number of H-pyrrole nitrogens is 1. The van der Waals surface area contributed by atoms with Crippen LogP contribution < -0.4 is 10.3 Å². The van der Waals surface area contributed by atoms with Crippen molar-refractivity contribution in [1.29, 1.82) is 0 Å². The van der Waals surface area contributed by atoms with Crippen molar-refractivity contribution in [2.45, 2.75) is 45.7 Å². The Morgan fingerprint density at radius 1 is 1.37 bits per heavy atom. The van der Waals surface area contributed by atoms with Crippen LogP contribution >= 0.6 is 11.3 Å². The Bertz CT molecular complexity index is 1020. The third-order valence-corrected chi connectivity index (χ3v) is 6.69. The summed E-state index contributed by atoms with van der Waals surface area (Å²) in [5.41, 5.74) is 2.43. The third kappa shape index (κ3) is 3.39. The second-order valence-electron chi connectivity index (χ2n) is 7.07. The summed E-state index contributed by atoms with van der Waals surface area (Å²) in [6.07, 6.45) is 3.24. The van der Waals surface area contributed by atoms with Gasteiger partial charge in [-0.15, -0.1) is 11.3 Å². The van der Waals surface area contributed by atoms with Crippen LogP contribution in [0, 0.1) is 0 Å². The molecule has 2 heterocycles. The number of methoxy groups -OCH3 is 1. The molecule has 4 rings (SSSR count). The number of fused-ring (bicyclic) bond motifs is 3. The molecule has 0 bridgehead atoms. The monoisotopic (exact) mass is 383 g/mol. The number of rotatable bonds is 6. The van der Waals surface area contributed by atoms with E-state index in [9.17, 15) is 4.79 Å².